The molecule has 156 valence electrons. The molecule has 0 atom stereocenters. The predicted octanol–water partition coefficient (Wildman–Crippen LogP) is 3.27. The molecule has 1 fully saturated rings. The largest absolute Gasteiger partial charge is 0.357 e. The van der Waals surface area contributed by atoms with Gasteiger partial charge in [-0.15, -0.1) is 24.0 Å². The molecule has 0 aliphatic carbocycles. The Balaban J connectivity index is 0.00000364. The number of halogens is 1. The number of rotatable bonds is 10. The van der Waals surface area contributed by atoms with Crippen LogP contribution < -0.4 is 10.6 Å². The Bertz CT molecular complexity index is 522. The molecule has 1 aromatic rings. The Hall–Kier alpha value is -0.830. The van der Waals surface area contributed by atoms with Gasteiger partial charge in [0.25, 0.3) is 0 Å². The van der Waals surface area contributed by atoms with E-state index in [0.717, 1.165) is 63.1 Å². The molecule has 6 nitrogen and oxygen atoms in total. The molecule has 1 aliphatic heterocycles. The van der Waals surface area contributed by atoms with Crippen molar-refractivity contribution in [3.63, 3.8) is 0 Å². The van der Waals surface area contributed by atoms with Crippen LogP contribution in [0.5, 0.6) is 0 Å². The number of aliphatic imine (C=N–C) groups is 1. The molecule has 7 heteroatoms. The molecule has 0 bridgehead atoms. The fourth-order valence-electron chi connectivity index (χ4n) is 3.37. The third-order valence-corrected chi connectivity index (χ3v) is 5.16. The van der Waals surface area contributed by atoms with Crippen LogP contribution in [-0.2, 0) is 6.54 Å². The zero-order chi connectivity index (χ0) is 18.6. The fourth-order valence-corrected chi connectivity index (χ4v) is 3.37. The van der Waals surface area contributed by atoms with E-state index in [1.54, 1.807) is 0 Å². The van der Waals surface area contributed by atoms with E-state index >= 15 is 0 Å². The molecule has 0 aromatic carbocycles. The molecule has 2 heterocycles. The molecule has 0 amide bonds. The van der Waals surface area contributed by atoms with Crippen LogP contribution in [0.1, 0.15) is 51.8 Å². The van der Waals surface area contributed by atoms with E-state index in [4.69, 9.17) is 4.99 Å². The van der Waals surface area contributed by atoms with Gasteiger partial charge in [-0.1, -0.05) is 6.92 Å². The Morgan fingerprint density at radius 2 is 1.96 bits per heavy atom. The SMILES string of the molecule is CCNC(=NCCCN1CCC(C)CC1)NCCCCn1ccnc1C.I. The number of aromatic nitrogens is 2. The number of piperidine rings is 1. The molecule has 1 aromatic heterocycles. The van der Waals surface area contributed by atoms with E-state index in [-0.39, 0.29) is 24.0 Å². The number of likely N-dealkylation sites (tertiary alicyclic amines) is 1. The first-order chi connectivity index (χ1) is 12.7. The summed E-state index contributed by atoms with van der Waals surface area (Å²) in [5.74, 6) is 2.96. The summed E-state index contributed by atoms with van der Waals surface area (Å²) in [5, 5.41) is 6.81. The first-order valence-corrected chi connectivity index (χ1v) is 10.4. The highest BCUT2D eigenvalue weighted by Gasteiger charge is 2.14. The van der Waals surface area contributed by atoms with Crippen molar-refractivity contribution in [2.45, 2.75) is 59.4 Å². The molecule has 1 aliphatic rings. The van der Waals surface area contributed by atoms with Gasteiger partial charge in [-0.05, 0) is 71.5 Å². The number of hydrogen-bond acceptors (Lipinski definition) is 3. The Kier molecular flexibility index (Phi) is 12.7. The molecule has 1 saturated heterocycles. The van der Waals surface area contributed by atoms with Crippen LogP contribution in [0, 0.1) is 12.8 Å². The summed E-state index contributed by atoms with van der Waals surface area (Å²) >= 11 is 0. The van der Waals surface area contributed by atoms with Crippen molar-refractivity contribution in [2.24, 2.45) is 10.9 Å². The second-order valence-corrected chi connectivity index (χ2v) is 7.44. The van der Waals surface area contributed by atoms with Crippen molar-refractivity contribution < 1.29 is 0 Å². The van der Waals surface area contributed by atoms with E-state index in [2.05, 4.69) is 52.1 Å². The maximum atomic E-state index is 4.73. The topological polar surface area (TPSA) is 57.5 Å². The standard InChI is InChI=1S/C20H38N6.HI/c1-4-21-20(23-10-5-6-14-26-17-12-22-19(26)3)24-11-7-13-25-15-8-18(2)9-16-25;/h12,17-18H,4-11,13-16H2,1-3H3,(H2,21,23,24);1H. The number of hydrogen-bond donors (Lipinski definition) is 2. The average Bonchev–Trinajstić information content (AvgIpc) is 3.04. The van der Waals surface area contributed by atoms with Gasteiger partial charge >= 0.3 is 0 Å². The number of nitrogens with zero attached hydrogens (tertiary/aromatic N) is 4. The molecule has 0 radical (unpaired) electrons. The van der Waals surface area contributed by atoms with Crippen molar-refractivity contribution in [2.75, 3.05) is 39.3 Å². The van der Waals surface area contributed by atoms with Crippen LogP contribution in [0.25, 0.3) is 0 Å². The van der Waals surface area contributed by atoms with E-state index in [1.807, 2.05) is 6.20 Å². The van der Waals surface area contributed by atoms with Crippen LogP contribution in [0.15, 0.2) is 17.4 Å². The summed E-state index contributed by atoms with van der Waals surface area (Å²) in [7, 11) is 0. The van der Waals surface area contributed by atoms with Gasteiger partial charge in [0, 0.05) is 38.6 Å². The van der Waals surface area contributed by atoms with Gasteiger partial charge < -0.3 is 20.1 Å². The summed E-state index contributed by atoms with van der Waals surface area (Å²) < 4.78 is 2.21. The molecular formula is C20H39IN6. The number of unbranched alkanes of at least 4 members (excludes halogenated alkanes) is 1. The van der Waals surface area contributed by atoms with Crippen LogP contribution in [0.4, 0.5) is 0 Å². The normalized spacial score (nSPS) is 16.2. The number of guanidine groups is 1. The van der Waals surface area contributed by atoms with Gasteiger partial charge in [0.15, 0.2) is 5.96 Å². The number of aryl methyl sites for hydroxylation is 2. The van der Waals surface area contributed by atoms with Gasteiger partial charge in [0.05, 0.1) is 0 Å². The summed E-state index contributed by atoms with van der Waals surface area (Å²) in [5.41, 5.74) is 0. The highest BCUT2D eigenvalue weighted by atomic mass is 127. The van der Waals surface area contributed by atoms with Crippen LogP contribution in [0.2, 0.25) is 0 Å². The predicted molar refractivity (Wildman–Crippen MR) is 125 cm³/mol. The van der Waals surface area contributed by atoms with Crippen LogP contribution >= 0.6 is 24.0 Å². The Labute approximate surface area is 182 Å². The van der Waals surface area contributed by atoms with Crippen molar-refractivity contribution in [3.8, 4) is 0 Å². The summed E-state index contributed by atoms with van der Waals surface area (Å²) in [6, 6.07) is 0. The Morgan fingerprint density at radius 1 is 1.19 bits per heavy atom. The molecule has 2 N–H and O–H groups in total. The lowest BCUT2D eigenvalue weighted by atomic mass is 9.99. The summed E-state index contributed by atoms with van der Waals surface area (Å²) in [6.07, 6.45) is 10.1. The quantitative estimate of drug-likeness (QED) is 0.229. The third kappa shape index (κ3) is 9.78. The van der Waals surface area contributed by atoms with E-state index in [1.165, 1.54) is 32.5 Å². The molecule has 0 saturated carbocycles. The number of imidazole rings is 1. The van der Waals surface area contributed by atoms with Crippen molar-refractivity contribution in [1.82, 2.24) is 25.1 Å². The van der Waals surface area contributed by atoms with E-state index in [0.29, 0.717) is 0 Å². The first-order valence-electron chi connectivity index (χ1n) is 10.4. The van der Waals surface area contributed by atoms with E-state index < -0.39 is 0 Å². The van der Waals surface area contributed by atoms with Crippen molar-refractivity contribution >= 4 is 29.9 Å². The molecule has 27 heavy (non-hydrogen) atoms. The minimum absolute atomic E-state index is 0. The lowest BCUT2D eigenvalue weighted by Gasteiger charge is -2.29. The summed E-state index contributed by atoms with van der Waals surface area (Å²) in [6.45, 7) is 14.1. The smallest absolute Gasteiger partial charge is 0.191 e. The first kappa shape index (κ1) is 24.2. The monoisotopic (exact) mass is 490 g/mol. The third-order valence-electron chi connectivity index (χ3n) is 5.16. The van der Waals surface area contributed by atoms with E-state index in [9.17, 15) is 0 Å². The average molecular weight is 490 g/mol. The maximum absolute atomic E-state index is 4.73. The maximum Gasteiger partial charge on any atom is 0.191 e. The minimum atomic E-state index is 0. The van der Waals surface area contributed by atoms with Gasteiger partial charge in [0.2, 0.25) is 0 Å². The molecule has 0 spiro atoms. The molecule has 2 rings (SSSR count). The van der Waals surface area contributed by atoms with Gasteiger partial charge in [-0.2, -0.15) is 0 Å². The van der Waals surface area contributed by atoms with Gasteiger partial charge in [0.1, 0.15) is 5.82 Å². The molecular weight excluding hydrogens is 451 g/mol. The second kappa shape index (κ2) is 14.2. The van der Waals surface area contributed by atoms with Crippen LogP contribution in [0.3, 0.4) is 0 Å². The lowest BCUT2D eigenvalue weighted by Crippen LogP contribution is -2.38. The zero-order valence-corrected chi connectivity index (χ0v) is 19.7. The van der Waals surface area contributed by atoms with Crippen LogP contribution in [-0.4, -0.2) is 59.7 Å². The minimum Gasteiger partial charge on any atom is -0.357 e. The fraction of sp³-hybridized carbons (Fsp3) is 0.800. The van der Waals surface area contributed by atoms with Crippen molar-refractivity contribution in [3.05, 3.63) is 18.2 Å². The second-order valence-electron chi connectivity index (χ2n) is 7.44. The van der Waals surface area contributed by atoms with Gasteiger partial charge in [-0.25, -0.2) is 4.98 Å². The van der Waals surface area contributed by atoms with Crippen molar-refractivity contribution in [1.29, 1.82) is 0 Å². The Morgan fingerprint density at radius 3 is 2.63 bits per heavy atom. The van der Waals surface area contributed by atoms with Gasteiger partial charge in [-0.3, -0.25) is 4.99 Å². The number of nitrogens with one attached hydrogen (secondary N) is 2. The molecule has 0 unspecified atom stereocenters. The highest BCUT2D eigenvalue weighted by Crippen LogP contribution is 2.15. The summed E-state index contributed by atoms with van der Waals surface area (Å²) in [4.78, 5) is 11.6. The lowest BCUT2D eigenvalue weighted by molar-refractivity contribution is 0.192. The highest BCUT2D eigenvalue weighted by molar-refractivity contribution is 14.0. The zero-order valence-electron chi connectivity index (χ0n) is 17.4.